The Bertz CT molecular complexity index is 641. The fraction of sp³-hybridized carbons (Fsp3) is 0.188. The first-order chi connectivity index (χ1) is 10.1. The van der Waals surface area contributed by atoms with Crippen LogP contribution in [0.5, 0.6) is 5.75 Å². The molecule has 2 rings (SSSR count). The van der Waals surface area contributed by atoms with E-state index in [0.717, 1.165) is 5.56 Å². The molecule has 5 nitrogen and oxygen atoms in total. The molecule has 0 aliphatic heterocycles. The van der Waals surface area contributed by atoms with Crippen LogP contribution < -0.4 is 15.8 Å². The Kier molecular flexibility index (Phi) is 4.79. The van der Waals surface area contributed by atoms with Crippen LogP contribution in [0.25, 0.3) is 0 Å². The third-order valence-electron chi connectivity index (χ3n) is 2.96. The molecule has 0 heterocycles. The lowest BCUT2D eigenvalue weighted by Gasteiger charge is -2.11. The first kappa shape index (κ1) is 14.9. The van der Waals surface area contributed by atoms with Crippen molar-refractivity contribution in [3.63, 3.8) is 0 Å². The van der Waals surface area contributed by atoms with Gasteiger partial charge < -0.3 is 20.5 Å². The Labute approximate surface area is 123 Å². The third kappa shape index (κ3) is 3.73. The summed E-state index contributed by atoms with van der Waals surface area (Å²) in [6.45, 7) is 0.491. The number of ether oxygens (including phenoxy) is 2. The first-order valence-electron chi connectivity index (χ1n) is 6.47. The van der Waals surface area contributed by atoms with Crippen molar-refractivity contribution in [2.45, 2.75) is 6.61 Å². The van der Waals surface area contributed by atoms with Crippen molar-refractivity contribution < 1.29 is 14.3 Å². The van der Waals surface area contributed by atoms with Crippen molar-refractivity contribution in [2.24, 2.45) is 0 Å². The van der Waals surface area contributed by atoms with Crippen molar-refractivity contribution in [1.82, 2.24) is 0 Å². The van der Waals surface area contributed by atoms with E-state index in [1.165, 1.54) is 7.11 Å². The molecular formula is C16H18N2O3. The minimum atomic E-state index is -0.270. The number of methoxy groups -OCH3 is 2. The van der Waals surface area contributed by atoms with Gasteiger partial charge in [-0.25, -0.2) is 0 Å². The molecule has 0 saturated heterocycles. The molecule has 0 spiro atoms. The van der Waals surface area contributed by atoms with Gasteiger partial charge in [-0.2, -0.15) is 0 Å². The number of carbonyl (C=O) groups is 1. The predicted octanol–water partition coefficient (Wildman–Crippen LogP) is 2.68. The Balaban J connectivity index is 2.21. The number of nitrogens with two attached hydrogens (primary N) is 1. The summed E-state index contributed by atoms with van der Waals surface area (Å²) in [5.74, 6) is 0.212. The lowest BCUT2D eigenvalue weighted by molar-refractivity contribution is 0.102. The van der Waals surface area contributed by atoms with Gasteiger partial charge in [0.25, 0.3) is 5.91 Å². The maximum Gasteiger partial charge on any atom is 0.259 e. The average molecular weight is 286 g/mol. The highest BCUT2D eigenvalue weighted by Crippen LogP contribution is 2.22. The highest BCUT2D eigenvalue weighted by atomic mass is 16.5. The molecule has 0 bridgehead atoms. The maximum atomic E-state index is 12.3. The van der Waals surface area contributed by atoms with Gasteiger partial charge in [0.2, 0.25) is 0 Å². The van der Waals surface area contributed by atoms with Crippen LogP contribution in [0, 0.1) is 0 Å². The summed E-state index contributed by atoms with van der Waals surface area (Å²) in [6, 6.07) is 12.4. The van der Waals surface area contributed by atoms with Gasteiger partial charge in [0.15, 0.2) is 0 Å². The molecule has 0 aliphatic rings. The van der Waals surface area contributed by atoms with E-state index in [-0.39, 0.29) is 5.91 Å². The minimum absolute atomic E-state index is 0.270. The standard InChI is InChI=1S/C16H18N2O3/c1-20-10-11-4-3-5-13(8-11)18-16(19)14-9-12(17)6-7-15(14)21-2/h3-9H,10,17H2,1-2H3,(H,18,19). The van der Waals surface area contributed by atoms with Gasteiger partial charge in [-0.05, 0) is 35.9 Å². The number of nitrogen functional groups attached to an aromatic ring is 1. The van der Waals surface area contributed by atoms with Crippen LogP contribution in [0.15, 0.2) is 42.5 Å². The molecule has 0 saturated carbocycles. The van der Waals surface area contributed by atoms with Gasteiger partial charge >= 0.3 is 0 Å². The lowest BCUT2D eigenvalue weighted by atomic mass is 10.1. The molecule has 110 valence electrons. The monoisotopic (exact) mass is 286 g/mol. The van der Waals surface area contributed by atoms with Gasteiger partial charge in [-0.1, -0.05) is 12.1 Å². The van der Waals surface area contributed by atoms with E-state index in [1.807, 2.05) is 24.3 Å². The quantitative estimate of drug-likeness (QED) is 0.829. The molecule has 0 aliphatic carbocycles. The molecule has 2 aromatic rings. The molecule has 5 heteroatoms. The second-order valence-corrected chi connectivity index (χ2v) is 4.55. The summed E-state index contributed by atoms with van der Waals surface area (Å²) in [5.41, 5.74) is 8.31. The summed E-state index contributed by atoms with van der Waals surface area (Å²) in [4.78, 5) is 12.3. The summed E-state index contributed by atoms with van der Waals surface area (Å²) in [7, 11) is 3.14. The van der Waals surface area contributed by atoms with Crippen LogP contribution in [-0.4, -0.2) is 20.1 Å². The summed E-state index contributed by atoms with van der Waals surface area (Å²) >= 11 is 0. The topological polar surface area (TPSA) is 73.6 Å². The van der Waals surface area contributed by atoms with Crippen molar-refractivity contribution >= 4 is 17.3 Å². The number of amides is 1. The largest absolute Gasteiger partial charge is 0.496 e. The predicted molar refractivity (Wildman–Crippen MR) is 82.5 cm³/mol. The van der Waals surface area contributed by atoms with Crippen LogP contribution in [0.2, 0.25) is 0 Å². The Morgan fingerprint density at radius 1 is 1.19 bits per heavy atom. The third-order valence-corrected chi connectivity index (χ3v) is 2.96. The Morgan fingerprint density at radius 3 is 2.71 bits per heavy atom. The second kappa shape index (κ2) is 6.76. The maximum absolute atomic E-state index is 12.3. The minimum Gasteiger partial charge on any atom is -0.496 e. The van der Waals surface area contributed by atoms with E-state index in [9.17, 15) is 4.79 Å². The molecule has 0 fully saturated rings. The number of nitrogens with one attached hydrogen (secondary N) is 1. The number of benzene rings is 2. The lowest BCUT2D eigenvalue weighted by Crippen LogP contribution is -2.13. The van der Waals surface area contributed by atoms with E-state index in [2.05, 4.69) is 5.32 Å². The number of anilines is 2. The normalized spacial score (nSPS) is 10.2. The molecule has 0 aromatic heterocycles. The van der Waals surface area contributed by atoms with E-state index >= 15 is 0 Å². The van der Waals surface area contributed by atoms with Crippen molar-refractivity contribution in [1.29, 1.82) is 0 Å². The zero-order valence-electron chi connectivity index (χ0n) is 12.1. The van der Waals surface area contributed by atoms with Crippen LogP contribution in [0.3, 0.4) is 0 Å². The smallest absolute Gasteiger partial charge is 0.259 e. The Hall–Kier alpha value is -2.53. The van der Waals surface area contributed by atoms with Gasteiger partial charge in [-0.3, -0.25) is 4.79 Å². The number of hydrogen-bond acceptors (Lipinski definition) is 4. The molecule has 1 amide bonds. The summed E-state index contributed by atoms with van der Waals surface area (Å²) in [5, 5.41) is 2.83. The Morgan fingerprint density at radius 2 is 2.00 bits per heavy atom. The highest BCUT2D eigenvalue weighted by Gasteiger charge is 2.13. The summed E-state index contributed by atoms with van der Waals surface area (Å²) in [6.07, 6.45) is 0. The average Bonchev–Trinajstić information content (AvgIpc) is 2.48. The molecule has 0 radical (unpaired) electrons. The van der Waals surface area contributed by atoms with Crippen LogP contribution in [0.4, 0.5) is 11.4 Å². The molecular weight excluding hydrogens is 268 g/mol. The zero-order chi connectivity index (χ0) is 15.2. The number of carbonyl (C=O) groups excluding carboxylic acids is 1. The van der Waals surface area contributed by atoms with Crippen molar-refractivity contribution in [2.75, 3.05) is 25.3 Å². The van der Waals surface area contributed by atoms with Crippen LogP contribution >= 0.6 is 0 Å². The van der Waals surface area contributed by atoms with Crippen LogP contribution in [0.1, 0.15) is 15.9 Å². The second-order valence-electron chi connectivity index (χ2n) is 4.55. The van der Waals surface area contributed by atoms with Crippen molar-refractivity contribution in [3.8, 4) is 5.75 Å². The van der Waals surface area contributed by atoms with Gasteiger partial charge in [0, 0.05) is 18.5 Å². The van der Waals surface area contributed by atoms with Crippen molar-refractivity contribution in [3.05, 3.63) is 53.6 Å². The molecule has 0 atom stereocenters. The highest BCUT2D eigenvalue weighted by molar-refractivity contribution is 6.06. The van der Waals surface area contributed by atoms with E-state index in [0.29, 0.717) is 29.3 Å². The SMILES string of the molecule is COCc1cccc(NC(=O)c2cc(N)ccc2OC)c1. The van der Waals surface area contributed by atoms with E-state index < -0.39 is 0 Å². The van der Waals surface area contributed by atoms with Gasteiger partial charge in [-0.15, -0.1) is 0 Å². The molecule has 3 N–H and O–H groups in total. The fourth-order valence-corrected chi connectivity index (χ4v) is 2.01. The molecule has 0 unspecified atom stereocenters. The van der Waals surface area contributed by atoms with E-state index in [4.69, 9.17) is 15.2 Å². The van der Waals surface area contributed by atoms with Gasteiger partial charge in [0.1, 0.15) is 5.75 Å². The zero-order valence-corrected chi connectivity index (χ0v) is 12.1. The summed E-state index contributed by atoms with van der Waals surface area (Å²) < 4.78 is 10.3. The number of hydrogen-bond donors (Lipinski definition) is 2. The van der Waals surface area contributed by atoms with Crippen LogP contribution in [-0.2, 0) is 11.3 Å². The van der Waals surface area contributed by atoms with E-state index in [1.54, 1.807) is 25.3 Å². The molecule has 2 aromatic carbocycles. The van der Waals surface area contributed by atoms with Gasteiger partial charge in [0.05, 0.1) is 19.3 Å². The first-order valence-corrected chi connectivity index (χ1v) is 6.47. The fourth-order valence-electron chi connectivity index (χ4n) is 2.01. The molecule has 21 heavy (non-hydrogen) atoms. The number of rotatable bonds is 5.